The molecule has 0 saturated carbocycles. The fourth-order valence-electron chi connectivity index (χ4n) is 2.03. The van der Waals surface area contributed by atoms with Gasteiger partial charge in [-0.05, 0) is 26.7 Å². The second kappa shape index (κ2) is 7.85. The van der Waals surface area contributed by atoms with Crippen LogP contribution in [0.2, 0.25) is 0 Å². The molecule has 0 amide bonds. The van der Waals surface area contributed by atoms with Gasteiger partial charge in [0.05, 0.1) is 5.88 Å². The molecule has 0 radical (unpaired) electrons. The molecule has 1 aliphatic heterocycles. The predicted molar refractivity (Wildman–Crippen MR) is 88.5 cm³/mol. The molecule has 0 unspecified atom stereocenters. The third-order valence-corrected chi connectivity index (χ3v) is 4.50. The second-order valence-corrected chi connectivity index (χ2v) is 5.67. The van der Waals surface area contributed by atoms with Gasteiger partial charge in [-0.25, -0.2) is 9.97 Å². The molecule has 0 atom stereocenters. The van der Waals surface area contributed by atoms with Crippen LogP contribution in [0.1, 0.15) is 31.2 Å². The molecule has 112 valence electrons. The normalized spacial score (nSPS) is 14.7. The average Bonchev–Trinajstić information content (AvgIpc) is 2.72. The molecule has 1 aliphatic rings. The Hall–Kier alpha value is -0.790. The molecule has 5 nitrogen and oxygen atoms in total. The quantitative estimate of drug-likeness (QED) is 0.839. The van der Waals surface area contributed by atoms with Crippen molar-refractivity contribution in [3.8, 4) is 0 Å². The SMILES string of the molecule is Br.CC1=C(CCCO)SCN1Cc1cnc(C)nc1N. The van der Waals surface area contributed by atoms with E-state index in [-0.39, 0.29) is 23.6 Å². The zero-order valence-corrected chi connectivity index (χ0v) is 14.3. The number of nitrogens with two attached hydrogens (primary N) is 1. The van der Waals surface area contributed by atoms with Crippen LogP contribution in [0, 0.1) is 6.92 Å². The minimum atomic E-state index is 0. The van der Waals surface area contributed by atoms with Gasteiger partial charge < -0.3 is 15.7 Å². The van der Waals surface area contributed by atoms with E-state index in [9.17, 15) is 0 Å². The number of thioether (sulfide) groups is 1. The number of hydrogen-bond acceptors (Lipinski definition) is 6. The molecule has 0 spiro atoms. The third kappa shape index (κ3) is 4.10. The smallest absolute Gasteiger partial charge is 0.132 e. The Kier molecular flexibility index (Phi) is 6.78. The highest BCUT2D eigenvalue weighted by atomic mass is 79.9. The van der Waals surface area contributed by atoms with E-state index in [0.29, 0.717) is 11.6 Å². The number of aryl methyl sites for hydroxylation is 1. The molecule has 2 heterocycles. The van der Waals surface area contributed by atoms with E-state index in [4.69, 9.17) is 10.8 Å². The molecule has 3 N–H and O–H groups in total. The summed E-state index contributed by atoms with van der Waals surface area (Å²) in [5.41, 5.74) is 8.17. The Labute approximate surface area is 134 Å². The predicted octanol–water partition coefficient (Wildman–Crippen LogP) is 2.46. The molecule has 0 aromatic carbocycles. The minimum absolute atomic E-state index is 0. The lowest BCUT2D eigenvalue weighted by Crippen LogP contribution is -2.18. The highest BCUT2D eigenvalue weighted by molar-refractivity contribution is 8.93. The largest absolute Gasteiger partial charge is 0.396 e. The Morgan fingerprint density at radius 3 is 2.85 bits per heavy atom. The van der Waals surface area contributed by atoms with Gasteiger partial charge in [-0.1, -0.05) is 0 Å². The highest BCUT2D eigenvalue weighted by Gasteiger charge is 2.20. The third-order valence-electron chi connectivity index (χ3n) is 3.21. The summed E-state index contributed by atoms with van der Waals surface area (Å²) in [6.45, 7) is 4.95. The first-order valence-electron chi connectivity index (χ1n) is 6.38. The van der Waals surface area contributed by atoms with Gasteiger partial charge in [0.15, 0.2) is 0 Å². The van der Waals surface area contributed by atoms with Crippen LogP contribution >= 0.6 is 28.7 Å². The fraction of sp³-hybridized carbons (Fsp3) is 0.538. The van der Waals surface area contributed by atoms with Crippen LogP contribution in [-0.2, 0) is 6.54 Å². The van der Waals surface area contributed by atoms with Gasteiger partial charge >= 0.3 is 0 Å². The van der Waals surface area contributed by atoms with Crippen LogP contribution in [-0.4, -0.2) is 32.5 Å². The maximum absolute atomic E-state index is 8.90. The first kappa shape index (κ1) is 17.3. The van der Waals surface area contributed by atoms with Gasteiger partial charge in [0.1, 0.15) is 11.6 Å². The number of anilines is 1. The number of halogens is 1. The molecule has 1 aromatic heterocycles. The molecule has 0 aliphatic carbocycles. The van der Waals surface area contributed by atoms with Crippen molar-refractivity contribution in [1.82, 2.24) is 14.9 Å². The molecule has 0 saturated heterocycles. The van der Waals surface area contributed by atoms with Crippen LogP contribution < -0.4 is 5.73 Å². The lowest BCUT2D eigenvalue weighted by atomic mass is 10.2. The van der Waals surface area contributed by atoms with E-state index in [2.05, 4.69) is 21.8 Å². The van der Waals surface area contributed by atoms with Gasteiger partial charge in [-0.2, -0.15) is 0 Å². The number of nitrogen functional groups attached to an aromatic ring is 1. The first-order chi connectivity index (χ1) is 9.11. The van der Waals surface area contributed by atoms with Crippen molar-refractivity contribution in [3.05, 3.63) is 28.2 Å². The standard InChI is InChI=1S/C13H20N4OS.BrH/c1-9-12(4-3-5-18)19-8-17(9)7-11-6-15-10(2)16-13(11)14;/h6,18H,3-5,7-8H2,1-2H3,(H2,14,15,16);1H. The zero-order chi connectivity index (χ0) is 13.8. The van der Waals surface area contributed by atoms with Crippen LogP contribution in [0.15, 0.2) is 16.8 Å². The zero-order valence-electron chi connectivity index (χ0n) is 11.8. The molecule has 1 aromatic rings. The van der Waals surface area contributed by atoms with Crippen molar-refractivity contribution in [2.75, 3.05) is 18.2 Å². The summed E-state index contributed by atoms with van der Waals surface area (Å²) in [6.07, 6.45) is 3.58. The molecule has 7 heteroatoms. The summed E-state index contributed by atoms with van der Waals surface area (Å²) >= 11 is 1.84. The topological polar surface area (TPSA) is 75.3 Å². The van der Waals surface area contributed by atoms with Crippen molar-refractivity contribution in [3.63, 3.8) is 0 Å². The average molecular weight is 361 g/mol. The summed E-state index contributed by atoms with van der Waals surface area (Å²) in [5.74, 6) is 2.20. The van der Waals surface area contributed by atoms with Crippen LogP contribution in [0.4, 0.5) is 5.82 Å². The van der Waals surface area contributed by atoms with Crippen LogP contribution in [0.3, 0.4) is 0 Å². The van der Waals surface area contributed by atoms with Gasteiger partial charge in [-0.15, -0.1) is 28.7 Å². The Morgan fingerprint density at radius 2 is 2.20 bits per heavy atom. The lowest BCUT2D eigenvalue weighted by molar-refractivity contribution is 0.289. The molecular formula is C13H21BrN4OS. The van der Waals surface area contributed by atoms with E-state index in [1.165, 1.54) is 10.6 Å². The monoisotopic (exact) mass is 360 g/mol. The number of aromatic nitrogens is 2. The van der Waals surface area contributed by atoms with E-state index in [1.54, 1.807) is 6.20 Å². The number of aliphatic hydroxyl groups excluding tert-OH is 1. The summed E-state index contributed by atoms with van der Waals surface area (Å²) in [4.78, 5) is 12.0. The molecule has 2 rings (SSSR count). The maximum Gasteiger partial charge on any atom is 0.132 e. The summed E-state index contributed by atoms with van der Waals surface area (Å²) in [7, 11) is 0. The van der Waals surface area contributed by atoms with Crippen molar-refractivity contribution in [2.24, 2.45) is 0 Å². The molecule has 0 fully saturated rings. The highest BCUT2D eigenvalue weighted by Crippen LogP contribution is 2.35. The number of nitrogens with zero attached hydrogens (tertiary/aromatic N) is 3. The van der Waals surface area contributed by atoms with Crippen molar-refractivity contribution in [1.29, 1.82) is 0 Å². The molecule has 20 heavy (non-hydrogen) atoms. The lowest BCUT2D eigenvalue weighted by Gasteiger charge is -2.19. The Balaban J connectivity index is 0.00000200. The van der Waals surface area contributed by atoms with E-state index < -0.39 is 0 Å². The first-order valence-corrected chi connectivity index (χ1v) is 7.36. The Bertz CT molecular complexity index is 495. The van der Waals surface area contributed by atoms with Crippen molar-refractivity contribution in [2.45, 2.75) is 33.2 Å². The van der Waals surface area contributed by atoms with Crippen LogP contribution in [0.25, 0.3) is 0 Å². The summed E-state index contributed by atoms with van der Waals surface area (Å²) in [5, 5.41) is 8.90. The van der Waals surface area contributed by atoms with Gasteiger partial charge in [0, 0.05) is 35.5 Å². The van der Waals surface area contributed by atoms with E-state index >= 15 is 0 Å². The van der Waals surface area contributed by atoms with E-state index in [1.807, 2.05) is 18.7 Å². The molecule has 0 bridgehead atoms. The van der Waals surface area contributed by atoms with E-state index in [0.717, 1.165) is 30.8 Å². The number of aliphatic hydroxyl groups is 1. The number of rotatable bonds is 5. The van der Waals surface area contributed by atoms with Gasteiger partial charge in [-0.3, -0.25) is 0 Å². The van der Waals surface area contributed by atoms with Crippen molar-refractivity contribution >= 4 is 34.6 Å². The van der Waals surface area contributed by atoms with Gasteiger partial charge in [0.2, 0.25) is 0 Å². The van der Waals surface area contributed by atoms with Crippen LogP contribution in [0.5, 0.6) is 0 Å². The number of allylic oxidation sites excluding steroid dienone is 2. The summed E-state index contributed by atoms with van der Waals surface area (Å²) in [6, 6.07) is 0. The Morgan fingerprint density at radius 1 is 1.45 bits per heavy atom. The minimum Gasteiger partial charge on any atom is -0.396 e. The number of hydrogen-bond donors (Lipinski definition) is 2. The second-order valence-electron chi connectivity index (χ2n) is 4.63. The fourth-order valence-corrected chi connectivity index (χ4v) is 3.25. The van der Waals surface area contributed by atoms with Gasteiger partial charge in [0.25, 0.3) is 0 Å². The maximum atomic E-state index is 8.90. The van der Waals surface area contributed by atoms with Crippen molar-refractivity contribution < 1.29 is 5.11 Å². The summed E-state index contributed by atoms with van der Waals surface area (Å²) < 4.78 is 0. The molecular weight excluding hydrogens is 340 g/mol.